The van der Waals surface area contributed by atoms with Gasteiger partial charge in [-0.15, -0.1) is 0 Å². The van der Waals surface area contributed by atoms with Gasteiger partial charge in [0.2, 0.25) is 0 Å². The van der Waals surface area contributed by atoms with E-state index in [1.54, 1.807) is 12.4 Å². The van der Waals surface area contributed by atoms with Crippen molar-refractivity contribution in [3.63, 3.8) is 0 Å². The number of nitrogens with one attached hydrogen (secondary N) is 2. The third-order valence-electron chi connectivity index (χ3n) is 10.4. The van der Waals surface area contributed by atoms with E-state index in [1.165, 1.54) is 0 Å². The number of ether oxygens (including phenoxy) is 1. The summed E-state index contributed by atoms with van der Waals surface area (Å²) in [6, 6.07) is 66.8. The summed E-state index contributed by atoms with van der Waals surface area (Å²) in [5, 5.41) is 9.80. The van der Waals surface area contributed by atoms with Crippen LogP contribution in [0.3, 0.4) is 0 Å². The van der Waals surface area contributed by atoms with Crippen molar-refractivity contribution in [3.8, 4) is 50.7 Å². The lowest BCUT2D eigenvalue weighted by Crippen LogP contribution is -2.00. The molecule has 7 aromatic carbocycles. The van der Waals surface area contributed by atoms with Crippen molar-refractivity contribution in [1.82, 2.24) is 14.5 Å². The maximum Gasteiger partial charge on any atom is 0.137 e. The first-order valence-electron chi connectivity index (χ1n) is 19.3. The van der Waals surface area contributed by atoms with Crippen LogP contribution >= 0.6 is 0 Å². The normalized spacial score (nSPS) is 11.1. The molecule has 10 aromatic rings. The van der Waals surface area contributed by atoms with E-state index in [0.717, 1.165) is 95.3 Å². The third kappa shape index (κ3) is 6.80. The highest BCUT2D eigenvalue weighted by Crippen LogP contribution is 2.41. The summed E-state index contributed by atoms with van der Waals surface area (Å²) in [6.45, 7) is 0. The van der Waals surface area contributed by atoms with Crippen LogP contribution < -0.4 is 15.4 Å². The molecule has 0 unspecified atom stereocenters. The molecule has 3 heterocycles. The zero-order valence-electron chi connectivity index (χ0n) is 31.5. The lowest BCUT2D eigenvalue weighted by Gasteiger charge is -2.20. The summed E-state index contributed by atoms with van der Waals surface area (Å²) in [5.41, 5.74) is 12.6. The van der Waals surface area contributed by atoms with Crippen LogP contribution in [0, 0.1) is 0 Å². The number of fused-ring (bicyclic) bond motifs is 3. The van der Waals surface area contributed by atoms with E-state index < -0.39 is 0 Å². The topological polar surface area (TPSA) is 64.0 Å². The van der Waals surface area contributed by atoms with E-state index in [2.05, 4.69) is 172 Å². The molecule has 10 rings (SSSR count). The number of anilines is 4. The highest BCUT2D eigenvalue weighted by atomic mass is 16.5. The van der Waals surface area contributed by atoms with Crippen LogP contribution in [0.5, 0.6) is 11.5 Å². The van der Waals surface area contributed by atoms with Gasteiger partial charge in [-0.25, -0.2) is 4.98 Å². The summed E-state index contributed by atoms with van der Waals surface area (Å²) in [5.74, 6) is 2.29. The molecule has 58 heavy (non-hydrogen) atoms. The minimum absolute atomic E-state index is 0.720. The Morgan fingerprint density at radius 3 is 1.79 bits per heavy atom. The molecule has 0 spiro atoms. The lowest BCUT2D eigenvalue weighted by molar-refractivity contribution is 0.483. The molecule has 0 saturated carbocycles. The van der Waals surface area contributed by atoms with Gasteiger partial charge < -0.3 is 15.4 Å². The maximum atomic E-state index is 6.59. The molecule has 0 saturated heterocycles. The average Bonchev–Trinajstić information content (AvgIpc) is 3.62. The quantitative estimate of drug-likeness (QED) is 0.146. The van der Waals surface area contributed by atoms with Crippen LogP contribution in [0.1, 0.15) is 0 Å². The van der Waals surface area contributed by atoms with E-state index in [9.17, 15) is 0 Å². The molecule has 3 aromatic heterocycles. The SMILES string of the molecule is c1ccc(-c2cccc(-c3ccccc3)c2Nc2ccccc2Nc2cccc(Oc3ccc4c5ccccc5n(-c5ccc(-c6ccncc6)cn5)c4c3)c2)cc1. The highest BCUT2D eigenvalue weighted by Gasteiger charge is 2.16. The third-order valence-corrected chi connectivity index (χ3v) is 10.4. The van der Waals surface area contributed by atoms with Gasteiger partial charge in [-0.2, -0.15) is 0 Å². The number of pyridine rings is 2. The molecular weight excluding hydrogens is 711 g/mol. The molecule has 0 atom stereocenters. The predicted octanol–water partition coefficient (Wildman–Crippen LogP) is 13.9. The molecule has 0 amide bonds. The van der Waals surface area contributed by atoms with Crippen molar-refractivity contribution >= 4 is 44.6 Å². The highest BCUT2D eigenvalue weighted by molar-refractivity contribution is 6.09. The Morgan fingerprint density at radius 1 is 0.431 bits per heavy atom. The van der Waals surface area contributed by atoms with Gasteiger partial charge in [-0.05, 0) is 83.4 Å². The van der Waals surface area contributed by atoms with Crippen molar-refractivity contribution < 1.29 is 4.74 Å². The van der Waals surface area contributed by atoms with Crippen LogP contribution in [0.15, 0.2) is 213 Å². The van der Waals surface area contributed by atoms with Gasteiger partial charge >= 0.3 is 0 Å². The molecule has 6 nitrogen and oxygen atoms in total. The van der Waals surface area contributed by atoms with Crippen LogP contribution in [0.4, 0.5) is 22.7 Å². The van der Waals surface area contributed by atoms with E-state index >= 15 is 0 Å². The van der Waals surface area contributed by atoms with E-state index in [-0.39, 0.29) is 0 Å². The maximum absolute atomic E-state index is 6.59. The monoisotopic (exact) mass is 747 g/mol. The van der Waals surface area contributed by atoms with Crippen molar-refractivity contribution in [2.75, 3.05) is 10.6 Å². The van der Waals surface area contributed by atoms with Crippen molar-refractivity contribution in [3.05, 3.63) is 213 Å². The van der Waals surface area contributed by atoms with Crippen molar-refractivity contribution in [1.29, 1.82) is 0 Å². The Morgan fingerprint density at radius 2 is 1.07 bits per heavy atom. The van der Waals surface area contributed by atoms with Gasteiger partial charge in [0.25, 0.3) is 0 Å². The summed E-state index contributed by atoms with van der Waals surface area (Å²) in [7, 11) is 0. The van der Waals surface area contributed by atoms with E-state index in [0.29, 0.717) is 0 Å². The summed E-state index contributed by atoms with van der Waals surface area (Å²) in [6.07, 6.45) is 5.52. The second kappa shape index (κ2) is 15.3. The molecule has 2 N–H and O–H groups in total. The van der Waals surface area contributed by atoms with Crippen LogP contribution in [-0.4, -0.2) is 14.5 Å². The van der Waals surface area contributed by atoms with Gasteiger partial charge in [-0.1, -0.05) is 115 Å². The lowest BCUT2D eigenvalue weighted by atomic mass is 9.95. The van der Waals surface area contributed by atoms with E-state index in [1.807, 2.05) is 48.7 Å². The predicted molar refractivity (Wildman–Crippen MR) is 239 cm³/mol. The summed E-state index contributed by atoms with van der Waals surface area (Å²) >= 11 is 0. The zero-order chi connectivity index (χ0) is 38.7. The number of aromatic nitrogens is 3. The smallest absolute Gasteiger partial charge is 0.137 e. The Bertz CT molecular complexity index is 2960. The first-order valence-corrected chi connectivity index (χ1v) is 19.3. The number of rotatable bonds is 10. The Labute approximate surface area is 336 Å². The van der Waals surface area contributed by atoms with Gasteiger partial charge in [0.1, 0.15) is 17.3 Å². The number of benzene rings is 7. The van der Waals surface area contributed by atoms with Crippen LogP contribution in [0.25, 0.3) is 61.0 Å². The first kappa shape index (κ1) is 34.5. The summed E-state index contributed by atoms with van der Waals surface area (Å²) < 4.78 is 8.79. The standard InChI is InChI=1S/C52H37N5O/c1-3-13-37(14-4-1)43-20-12-21-44(38-15-5-2-6-16-38)52(43)56-48-23-9-8-22-47(48)55-40-17-11-18-41(33-40)58-42-26-27-46-45-19-7-10-24-49(45)57(50(46)34-42)51-28-25-39(35-54-51)36-29-31-53-32-30-36/h1-35,55-56H. The van der Waals surface area contributed by atoms with Crippen molar-refractivity contribution in [2.24, 2.45) is 0 Å². The summed E-state index contributed by atoms with van der Waals surface area (Å²) in [4.78, 5) is 9.08. The van der Waals surface area contributed by atoms with Gasteiger partial charge in [0, 0.05) is 63.9 Å². The fourth-order valence-corrected chi connectivity index (χ4v) is 7.66. The number of hydrogen-bond donors (Lipinski definition) is 2. The van der Waals surface area contributed by atoms with Crippen LogP contribution in [0.2, 0.25) is 0 Å². The van der Waals surface area contributed by atoms with Gasteiger partial charge in [0.05, 0.1) is 28.1 Å². The van der Waals surface area contributed by atoms with Crippen molar-refractivity contribution in [2.45, 2.75) is 0 Å². The first-order chi connectivity index (χ1) is 28.7. The molecule has 6 heteroatoms. The molecule has 0 radical (unpaired) electrons. The minimum atomic E-state index is 0.720. The number of hydrogen-bond acceptors (Lipinski definition) is 5. The van der Waals surface area contributed by atoms with Crippen LogP contribution in [-0.2, 0) is 0 Å². The molecule has 0 aliphatic heterocycles. The largest absolute Gasteiger partial charge is 0.457 e. The zero-order valence-corrected chi connectivity index (χ0v) is 31.5. The second-order valence-electron chi connectivity index (χ2n) is 14.1. The number of nitrogens with zero attached hydrogens (tertiary/aromatic N) is 3. The minimum Gasteiger partial charge on any atom is -0.457 e. The number of para-hydroxylation sites is 4. The molecule has 0 aliphatic carbocycles. The molecule has 0 bridgehead atoms. The molecule has 0 fully saturated rings. The average molecular weight is 748 g/mol. The molecule has 276 valence electrons. The Kier molecular flexibility index (Phi) is 9.10. The second-order valence-corrected chi connectivity index (χ2v) is 14.1. The molecular formula is C52H37N5O. The Hall–Kier alpha value is -7.96. The fourth-order valence-electron chi connectivity index (χ4n) is 7.66. The van der Waals surface area contributed by atoms with Gasteiger partial charge in [0.15, 0.2) is 0 Å². The van der Waals surface area contributed by atoms with E-state index in [4.69, 9.17) is 9.72 Å². The Balaban J connectivity index is 0.957. The van der Waals surface area contributed by atoms with Gasteiger partial charge in [-0.3, -0.25) is 9.55 Å². The fraction of sp³-hybridized carbons (Fsp3) is 0. The molecule has 0 aliphatic rings.